The van der Waals surface area contributed by atoms with Crippen LogP contribution in [0, 0.1) is 0 Å². The van der Waals surface area contributed by atoms with Crippen molar-refractivity contribution in [3.8, 4) is 0 Å². The highest BCUT2D eigenvalue weighted by Crippen LogP contribution is 2.28. The molecular weight excluding hydrogens is 408 g/mol. The molecule has 0 aliphatic carbocycles. The van der Waals surface area contributed by atoms with Gasteiger partial charge in [-0.3, -0.25) is 4.79 Å². The molecule has 0 fully saturated rings. The minimum Gasteiger partial charge on any atom is -0.300 e. The van der Waals surface area contributed by atoms with E-state index in [-0.39, 0.29) is 29.2 Å². The SMILES string of the molecule is CCC(CC)c1nnc(NC(=O)CCNS(=O)(=O)c2ccc(C(C)(C)C)cc2)s1. The summed E-state index contributed by atoms with van der Waals surface area (Å²) in [4.78, 5) is 12.3. The number of hydrogen-bond donors (Lipinski definition) is 2. The lowest BCUT2D eigenvalue weighted by Crippen LogP contribution is -2.28. The van der Waals surface area contributed by atoms with Crippen LogP contribution in [0.5, 0.6) is 0 Å². The lowest BCUT2D eigenvalue weighted by molar-refractivity contribution is -0.116. The summed E-state index contributed by atoms with van der Waals surface area (Å²) in [5.74, 6) is 0.0395. The Balaban J connectivity index is 1.87. The van der Waals surface area contributed by atoms with Gasteiger partial charge in [0.05, 0.1) is 4.90 Å². The van der Waals surface area contributed by atoms with Gasteiger partial charge in [-0.15, -0.1) is 10.2 Å². The number of rotatable bonds is 9. The van der Waals surface area contributed by atoms with E-state index in [2.05, 4.69) is 54.9 Å². The Morgan fingerprint density at radius 3 is 2.28 bits per heavy atom. The third-order valence-electron chi connectivity index (χ3n) is 4.70. The van der Waals surface area contributed by atoms with Crippen LogP contribution in [0.4, 0.5) is 5.13 Å². The summed E-state index contributed by atoms with van der Waals surface area (Å²) >= 11 is 1.36. The van der Waals surface area contributed by atoms with Crippen molar-refractivity contribution in [3.63, 3.8) is 0 Å². The normalized spacial score (nSPS) is 12.3. The fraction of sp³-hybridized carbons (Fsp3) is 0.550. The Labute approximate surface area is 177 Å². The molecule has 1 heterocycles. The van der Waals surface area contributed by atoms with Gasteiger partial charge in [0.2, 0.25) is 21.1 Å². The summed E-state index contributed by atoms with van der Waals surface area (Å²) in [5.41, 5.74) is 1.01. The number of nitrogens with one attached hydrogen (secondary N) is 2. The Morgan fingerprint density at radius 1 is 1.10 bits per heavy atom. The van der Waals surface area contributed by atoms with Crippen LogP contribution in [-0.2, 0) is 20.2 Å². The van der Waals surface area contributed by atoms with Crippen LogP contribution < -0.4 is 10.0 Å². The van der Waals surface area contributed by atoms with E-state index in [0.29, 0.717) is 11.0 Å². The molecule has 160 valence electrons. The van der Waals surface area contributed by atoms with E-state index in [0.717, 1.165) is 23.4 Å². The second-order valence-corrected chi connectivity index (χ2v) is 10.7. The molecule has 1 aromatic heterocycles. The van der Waals surface area contributed by atoms with Gasteiger partial charge in [0.15, 0.2) is 0 Å². The van der Waals surface area contributed by atoms with E-state index in [1.165, 1.54) is 11.3 Å². The quantitative estimate of drug-likeness (QED) is 0.615. The first-order chi connectivity index (χ1) is 13.6. The van der Waals surface area contributed by atoms with E-state index >= 15 is 0 Å². The smallest absolute Gasteiger partial charge is 0.240 e. The van der Waals surface area contributed by atoms with Crippen molar-refractivity contribution in [1.82, 2.24) is 14.9 Å². The highest BCUT2D eigenvalue weighted by Gasteiger charge is 2.18. The molecule has 0 atom stereocenters. The minimum atomic E-state index is -3.66. The van der Waals surface area contributed by atoms with Crippen molar-refractivity contribution in [2.45, 2.75) is 70.1 Å². The van der Waals surface area contributed by atoms with E-state index in [4.69, 9.17) is 0 Å². The van der Waals surface area contributed by atoms with Crippen molar-refractivity contribution in [1.29, 1.82) is 0 Å². The van der Waals surface area contributed by atoms with Crippen LogP contribution in [0.25, 0.3) is 0 Å². The molecular formula is C20H30N4O3S2. The molecule has 2 aromatic rings. The van der Waals surface area contributed by atoms with Crippen LogP contribution in [0.3, 0.4) is 0 Å². The number of aromatic nitrogens is 2. The van der Waals surface area contributed by atoms with E-state index in [1.807, 2.05) is 12.1 Å². The Morgan fingerprint density at radius 2 is 1.72 bits per heavy atom. The van der Waals surface area contributed by atoms with Gasteiger partial charge in [-0.25, -0.2) is 13.1 Å². The predicted molar refractivity (Wildman–Crippen MR) is 117 cm³/mol. The molecule has 0 unspecified atom stereocenters. The summed E-state index contributed by atoms with van der Waals surface area (Å²) in [6, 6.07) is 6.80. The first kappa shape index (κ1) is 23.4. The summed E-state index contributed by atoms with van der Waals surface area (Å²) in [6.45, 7) is 10.4. The monoisotopic (exact) mass is 438 g/mol. The van der Waals surface area contributed by atoms with E-state index in [1.54, 1.807) is 12.1 Å². The standard InChI is InChI=1S/C20H30N4O3S2/c1-6-14(7-2)18-23-24-19(28-18)22-17(25)12-13-21-29(26,27)16-10-8-15(9-11-16)20(3,4)5/h8-11,14,21H,6-7,12-13H2,1-5H3,(H,22,24,25). The molecule has 0 saturated heterocycles. The molecule has 0 saturated carbocycles. The molecule has 0 bridgehead atoms. The van der Waals surface area contributed by atoms with Gasteiger partial charge < -0.3 is 5.32 Å². The van der Waals surface area contributed by atoms with Crippen LogP contribution in [-0.4, -0.2) is 31.1 Å². The third kappa shape index (κ3) is 6.58. The van der Waals surface area contributed by atoms with Crippen LogP contribution >= 0.6 is 11.3 Å². The number of carbonyl (C=O) groups excluding carboxylic acids is 1. The highest BCUT2D eigenvalue weighted by molar-refractivity contribution is 7.89. The molecule has 1 aromatic carbocycles. The summed E-state index contributed by atoms with van der Waals surface area (Å²) < 4.78 is 27.3. The van der Waals surface area contributed by atoms with Crippen LogP contribution in [0.15, 0.2) is 29.2 Å². The van der Waals surface area contributed by atoms with Crippen molar-refractivity contribution in [2.24, 2.45) is 0 Å². The van der Waals surface area contributed by atoms with E-state index in [9.17, 15) is 13.2 Å². The third-order valence-corrected chi connectivity index (χ3v) is 7.17. The number of nitrogens with zero attached hydrogens (tertiary/aromatic N) is 2. The van der Waals surface area contributed by atoms with Crippen LogP contribution in [0.2, 0.25) is 0 Å². The fourth-order valence-corrected chi connectivity index (χ4v) is 4.84. The van der Waals surface area contributed by atoms with Crippen molar-refractivity contribution >= 4 is 32.4 Å². The molecule has 2 N–H and O–H groups in total. The molecule has 9 heteroatoms. The molecule has 0 aliphatic heterocycles. The number of hydrogen-bond acceptors (Lipinski definition) is 6. The lowest BCUT2D eigenvalue weighted by Gasteiger charge is -2.19. The topological polar surface area (TPSA) is 101 Å². The number of amides is 1. The van der Waals surface area contributed by atoms with Gasteiger partial charge in [-0.05, 0) is 36.0 Å². The van der Waals surface area contributed by atoms with Gasteiger partial charge in [0, 0.05) is 18.9 Å². The van der Waals surface area contributed by atoms with E-state index < -0.39 is 10.0 Å². The van der Waals surface area contributed by atoms with Crippen molar-refractivity contribution < 1.29 is 13.2 Å². The maximum atomic E-state index is 12.4. The Bertz CT molecular complexity index is 912. The lowest BCUT2D eigenvalue weighted by atomic mass is 9.87. The molecule has 29 heavy (non-hydrogen) atoms. The first-order valence-corrected chi connectivity index (χ1v) is 12.1. The number of carbonyl (C=O) groups is 1. The molecule has 0 radical (unpaired) electrons. The summed E-state index contributed by atoms with van der Waals surface area (Å²) in [7, 11) is -3.66. The average Bonchev–Trinajstić information content (AvgIpc) is 3.10. The molecule has 0 spiro atoms. The van der Waals surface area contributed by atoms with Gasteiger partial charge in [-0.2, -0.15) is 0 Å². The molecule has 1 amide bonds. The zero-order valence-electron chi connectivity index (χ0n) is 17.7. The van der Waals surface area contributed by atoms with Gasteiger partial charge >= 0.3 is 0 Å². The Kier molecular flexibility index (Phi) is 7.90. The second kappa shape index (κ2) is 9.77. The van der Waals surface area contributed by atoms with Crippen molar-refractivity contribution in [3.05, 3.63) is 34.8 Å². The van der Waals surface area contributed by atoms with Crippen molar-refractivity contribution in [2.75, 3.05) is 11.9 Å². The maximum Gasteiger partial charge on any atom is 0.240 e. The zero-order chi connectivity index (χ0) is 21.7. The largest absolute Gasteiger partial charge is 0.300 e. The number of benzene rings is 1. The molecule has 0 aliphatic rings. The maximum absolute atomic E-state index is 12.4. The van der Waals surface area contributed by atoms with Gasteiger partial charge in [-0.1, -0.05) is 58.1 Å². The van der Waals surface area contributed by atoms with Crippen LogP contribution in [0.1, 0.15) is 70.4 Å². The van der Waals surface area contributed by atoms with Gasteiger partial charge in [0.1, 0.15) is 5.01 Å². The minimum absolute atomic E-state index is 0.00734. The highest BCUT2D eigenvalue weighted by atomic mass is 32.2. The fourth-order valence-electron chi connectivity index (χ4n) is 2.79. The zero-order valence-corrected chi connectivity index (χ0v) is 19.3. The Hall–Kier alpha value is -1.84. The summed E-state index contributed by atoms with van der Waals surface area (Å²) in [6.07, 6.45) is 1.95. The number of sulfonamides is 1. The predicted octanol–water partition coefficient (Wildman–Crippen LogP) is 4.05. The first-order valence-electron chi connectivity index (χ1n) is 9.80. The number of anilines is 1. The molecule has 2 rings (SSSR count). The molecule has 7 nitrogen and oxygen atoms in total. The second-order valence-electron chi connectivity index (χ2n) is 7.93. The van der Waals surface area contributed by atoms with Gasteiger partial charge in [0.25, 0.3) is 0 Å². The average molecular weight is 439 g/mol. The summed E-state index contributed by atoms with van der Waals surface area (Å²) in [5, 5.41) is 12.2.